The molecule has 1 aromatic heterocycles. The van der Waals surface area contributed by atoms with E-state index < -0.39 is 15.9 Å². The van der Waals surface area contributed by atoms with Crippen molar-refractivity contribution in [1.29, 1.82) is 0 Å². The monoisotopic (exact) mass is 490 g/mol. The van der Waals surface area contributed by atoms with Gasteiger partial charge in [0.1, 0.15) is 5.01 Å². The number of hydrogen-bond acceptors (Lipinski definition) is 6. The van der Waals surface area contributed by atoms with Crippen LogP contribution in [-0.4, -0.2) is 41.9 Å². The number of aromatic nitrogens is 2. The van der Waals surface area contributed by atoms with Gasteiger partial charge < -0.3 is 0 Å². The zero-order valence-corrected chi connectivity index (χ0v) is 20.1. The first-order valence-electron chi connectivity index (χ1n) is 10.3. The molecule has 2 aromatic carbocycles. The van der Waals surface area contributed by atoms with Crippen LogP contribution in [0.5, 0.6) is 0 Å². The smallest absolute Gasteiger partial charge is 0.259 e. The van der Waals surface area contributed by atoms with Gasteiger partial charge in [-0.3, -0.25) is 10.1 Å². The Labute approximate surface area is 196 Å². The number of rotatable bonds is 5. The van der Waals surface area contributed by atoms with Gasteiger partial charge in [0.05, 0.1) is 15.5 Å². The van der Waals surface area contributed by atoms with E-state index >= 15 is 0 Å². The summed E-state index contributed by atoms with van der Waals surface area (Å²) in [5, 5.41) is 12.0. The first kappa shape index (κ1) is 22.8. The molecule has 0 radical (unpaired) electrons. The second-order valence-electron chi connectivity index (χ2n) is 7.96. The van der Waals surface area contributed by atoms with Gasteiger partial charge >= 0.3 is 0 Å². The maximum Gasteiger partial charge on any atom is 0.259 e. The zero-order chi connectivity index (χ0) is 22.9. The Kier molecular flexibility index (Phi) is 6.62. The van der Waals surface area contributed by atoms with Gasteiger partial charge in [-0.05, 0) is 43.9 Å². The van der Waals surface area contributed by atoms with Crippen molar-refractivity contribution in [3.05, 3.63) is 58.6 Å². The van der Waals surface area contributed by atoms with Gasteiger partial charge in [0.2, 0.25) is 15.2 Å². The fourth-order valence-corrected chi connectivity index (χ4v) is 5.91. The molecule has 32 heavy (non-hydrogen) atoms. The molecule has 0 aliphatic carbocycles. The third-order valence-electron chi connectivity index (χ3n) is 5.51. The molecule has 0 atom stereocenters. The Bertz CT molecular complexity index is 1230. The van der Waals surface area contributed by atoms with Crippen molar-refractivity contribution in [2.75, 3.05) is 18.4 Å². The normalized spacial score (nSPS) is 15.6. The van der Waals surface area contributed by atoms with Gasteiger partial charge in [-0.25, -0.2) is 8.42 Å². The standard InChI is InChI=1S/C22H23ClN4O3S2/c1-14-3-5-16(6-4-14)21-25-26-22(31-21)24-20(28)18-13-17(7-8-19(18)23)32(29,30)27-11-9-15(2)10-12-27/h3-8,13,15H,9-12H2,1-2H3,(H,24,26,28). The van der Waals surface area contributed by atoms with E-state index in [0.717, 1.165) is 24.0 Å². The molecule has 168 valence electrons. The lowest BCUT2D eigenvalue weighted by Gasteiger charge is -2.29. The number of amides is 1. The minimum absolute atomic E-state index is 0.0548. The maximum atomic E-state index is 13.1. The molecule has 0 spiro atoms. The number of benzene rings is 2. The molecule has 0 unspecified atom stereocenters. The number of aryl methyl sites for hydroxylation is 1. The molecule has 7 nitrogen and oxygen atoms in total. The molecule has 1 amide bonds. The fourth-order valence-electron chi connectivity index (χ4n) is 3.46. The summed E-state index contributed by atoms with van der Waals surface area (Å²) >= 11 is 7.46. The van der Waals surface area contributed by atoms with Gasteiger partial charge in [-0.15, -0.1) is 10.2 Å². The van der Waals surface area contributed by atoms with Crippen LogP contribution in [0.3, 0.4) is 0 Å². The molecule has 10 heteroatoms. The number of nitrogens with one attached hydrogen (secondary N) is 1. The average Bonchev–Trinajstić information content (AvgIpc) is 3.23. The van der Waals surface area contributed by atoms with Crippen LogP contribution in [0, 0.1) is 12.8 Å². The van der Waals surface area contributed by atoms with Crippen molar-refractivity contribution in [2.24, 2.45) is 5.92 Å². The predicted octanol–water partition coefficient (Wildman–Crippen LogP) is 4.84. The van der Waals surface area contributed by atoms with E-state index in [0.29, 0.717) is 29.1 Å². The van der Waals surface area contributed by atoms with Gasteiger partial charge in [0.25, 0.3) is 5.91 Å². The summed E-state index contributed by atoms with van der Waals surface area (Å²) in [5.41, 5.74) is 2.11. The summed E-state index contributed by atoms with van der Waals surface area (Å²) in [7, 11) is -3.70. The minimum atomic E-state index is -3.70. The van der Waals surface area contributed by atoms with E-state index in [1.807, 2.05) is 31.2 Å². The van der Waals surface area contributed by atoms with E-state index in [9.17, 15) is 13.2 Å². The lowest BCUT2D eigenvalue weighted by molar-refractivity contribution is 0.102. The Morgan fingerprint density at radius 3 is 2.50 bits per heavy atom. The highest BCUT2D eigenvalue weighted by atomic mass is 35.5. The summed E-state index contributed by atoms with van der Waals surface area (Å²) in [4.78, 5) is 12.9. The summed E-state index contributed by atoms with van der Waals surface area (Å²) in [5.74, 6) is -0.0318. The third kappa shape index (κ3) is 4.85. The Balaban J connectivity index is 1.54. The van der Waals surface area contributed by atoms with Crippen LogP contribution in [-0.2, 0) is 10.0 Å². The van der Waals surface area contributed by atoms with E-state index in [1.165, 1.54) is 33.8 Å². The molecule has 4 rings (SSSR count). The van der Waals surface area contributed by atoms with Gasteiger partial charge in [0, 0.05) is 18.7 Å². The molecule has 1 aliphatic rings. The summed E-state index contributed by atoms with van der Waals surface area (Å²) in [6.45, 7) is 5.06. The van der Waals surface area contributed by atoms with Gasteiger partial charge in [0.15, 0.2) is 0 Å². The van der Waals surface area contributed by atoms with Crippen molar-refractivity contribution < 1.29 is 13.2 Å². The predicted molar refractivity (Wildman–Crippen MR) is 127 cm³/mol. The van der Waals surface area contributed by atoms with Crippen LogP contribution in [0.4, 0.5) is 5.13 Å². The van der Waals surface area contributed by atoms with Gasteiger partial charge in [-0.2, -0.15) is 4.31 Å². The molecule has 1 aliphatic heterocycles. The first-order chi connectivity index (χ1) is 15.2. The lowest BCUT2D eigenvalue weighted by Crippen LogP contribution is -2.37. The quantitative estimate of drug-likeness (QED) is 0.552. The third-order valence-corrected chi connectivity index (χ3v) is 8.62. The highest BCUT2D eigenvalue weighted by molar-refractivity contribution is 7.89. The lowest BCUT2D eigenvalue weighted by atomic mass is 10.0. The molecule has 1 saturated heterocycles. The first-order valence-corrected chi connectivity index (χ1v) is 12.9. The van der Waals surface area contributed by atoms with Crippen molar-refractivity contribution in [2.45, 2.75) is 31.6 Å². The Morgan fingerprint density at radius 1 is 1.12 bits per heavy atom. The molecule has 2 heterocycles. The minimum Gasteiger partial charge on any atom is -0.296 e. The van der Waals surface area contributed by atoms with Crippen LogP contribution < -0.4 is 5.32 Å². The molecule has 3 aromatic rings. The number of halogens is 1. The molecule has 1 N–H and O–H groups in total. The summed E-state index contributed by atoms with van der Waals surface area (Å²) < 4.78 is 27.6. The van der Waals surface area contributed by atoms with Crippen LogP contribution in [0.15, 0.2) is 47.4 Å². The molecular weight excluding hydrogens is 468 g/mol. The molecule has 1 fully saturated rings. The van der Waals surface area contributed by atoms with Crippen molar-refractivity contribution >= 4 is 44.0 Å². The number of sulfonamides is 1. The second-order valence-corrected chi connectivity index (χ2v) is 11.3. The highest BCUT2D eigenvalue weighted by Gasteiger charge is 2.29. The molecular formula is C22H23ClN4O3S2. The number of carbonyl (C=O) groups excluding carboxylic acids is 1. The maximum absolute atomic E-state index is 13.1. The Hall–Kier alpha value is -2.33. The van der Waals surface area contributed by atoms with Gasteiger partial charge in [-0.1, -0.05) is 59.7 Å². The van der Waals surface area contributed by atoms with E-state index in [4.69, 9.17) is 11.6 Å². The van der Waals surface area contributed by atoms with Crippen molar-refractivity contribution in [1.82, 2.24) is 14.5 Å². The van der Waals surface area contributed by atoms with Crippen LogP contribution in [0.25, 0.3) is 10.6 Å². The van der Waals surface area contributed by atoms with E-state index in [1.54, 1.807) is 0 Å². The van der Waals surface area contributed by atoms with Crippen LogP contribution >= 0.6 is 22.9 Å². The molecule has 0 saturated carbocycles. The highest BCUT2D eigenvalue weighted by Crippen LogP contribution is 2.29. The van der Waals surface area contributed by atoms with Crippen molar-refractivity contribution in [3.8, 4) is 10.6 Å². The van der Waals surface area contributed by atoms with Crippen LogP contribution in [0.2, 0.25) is 5.02 Å². The van der Waals surface area contributed by atoms with Crippen LogP contribution in [0.1, 0.15) is 35.7 Å². The van der Waals surface area contributed by atoms with E-state index in [-0.39, 0.29) is 15.5 Å². The van der Waals surface area contributed by atoms with E-state index in [2.05, 4.69) is 22.4 Å². The number of piperidine rings is 1. The SMILES string of the molecule is Cc1ccc(-c2nnc(NC(=O)c3cc(S(=O)(=O)N4CCC(C)CC4)ccc3Cl)s2)cc1. The zero-order valence-electron chi connectivity index (χ0n) is 17.7. The van der Waals surface area contributed by atoms with Crippen molar-refractivity contribution in [3.63, 3.8) is 0 Å². The number of hydrogen-bond donors (Lipinski definition) is 1. The molecule has 0 bridgehead atoms. The summed E-state index contributed by atoms with van der Waals surface area (Å²) in [6, 6.07) is 12.0. The largest absolute Gasteiger partial charge is 0.296 e. The Morgan fingerprint density at radius 2 is 1.81 bits per heavy atom. The summed E-state index contributed by atoms with van der Waals surface area (Å²) in [6.07, 6.45) is 1.64. The average molecular weight is 491 g/mol. The fraction of sp³-hybridized carbons (Fsp3) is 0.318. The number of anilines is 1. The number of carbonyl (C=O) groups is 1. The number of nitrogens with zero attached hydrogens (tertiary/aromatic N) is 3. The topological polar surface area (TPSA) is 92.3 Å². The second kappa shape index (κ2) is 9.27.